The van der Waals surface area contributed by atoms with Crippen molar-refractivity contribution in [1.29, 1.82) is 0 Å². The summed E-state index contributed by atoms with van der Waals surface area (Å²) in [6.07, 6.45) is -6.87. The van der Waals surface area contributed by atoms with E-state index in [9.17, 15) is 62.3 Å². The number of hydrogen-bond donors (Lipinski definition) is 16. The van der Waals surface area contributed by atoms with Crippen LogP contribution in [0, 0.1) is 0 Å². The Kier molecular flexibility index (Phi) is 27.3. The van der Waals surface area contributed by atoms with Crippen molar-refractivity contribution in [3.05, 3.63) is 0 Å². The van der Waals surface area contributed by atoms with Gasteiger partial charge in [-0.15, -0.1) is 0 Å². The van der Waals surface area contributed by atoms with Crippen molar-refractivity contribution < 1.29 is 144 Å². The van der Waals surface area contributed by atoms with Gasteiger partial charge >= 0.3 is 77.6 Å². The van der Waals surface area contributed by atoms with Crippen molar-refractivity contribution in [1.82, 2.24) is 9.80 Å². The summed E-state index contributed by atoms with van der Waals surface area (Å²) in [7, 11) is 0. The molecule has 0 aromatic carbocycles. The van der Waals surface area contributed by atoms with Crippen LogP contribution in [0.1, 0.15) is 38.5 Å². The van der Waals surface area contributed by atoms with Crippen LogP contribution >= 0.6 is 0 Å². The molecule has 0 spiro atoms. The van der Waals surface area contributed by atoms with Gasteiger partial charge in [0.2, 0.25) is 0 Å². The molecule has 0 saturated heterocycles. The van der Waals surface area contributed by atoms with E-state index in [0.29, 0.717) is 0 Å². The molecular weight excluding hydrogens is 828 g/mol. The topological polar surface area (TPSA) is 552 Å². The van der Waals surface area contributed by atoms with Gasteiger partial charge in [-0.2, -0.15) is 0 Å². The monoisotopic (exact) mass is 868 g/mol. The highest BCUT2D eigenvalue weighted by atomic mass is 16.4. The molecule has 31 nitrogen and oxygen atoms in total. The number of aliphatic hydroxyl groups is 3. The zero-order valence-corrected chi connectivity index (χ0v) is 29.8. The number of carbonyl (C=O) groups is 13. The Morgan fingerprint density at radius 2 is 0.407 bits per heavy atom. The molecule has 0 aliphatic carbocycles. The summed E-state index contributed by atoms with van der Waals surface area (Å²) >= 11 is 0. The average Bonchev–Trinajstić information content (AvgIpc) is 2.97. The van der Waals surface area contributed by atoms with E-state index in [-0.39, 0.29) is 13.1 Å². The number of rotatable bonds is 26. The van der Waals surface area contributed by atoms with E-state index in [1.807, 2.05) is 0 Å². The highest BCUT2D eigenvalue weighted by Gasteiger charge is 2.42. The summed E-state index contributed by atoms with van der Waals surface area (Å²) in [6.45, 7) is -2.25. The van der Waals surface area contributed by atoms with Crippen LogP contribution in [0.15, 0.2) is 0 Å². The third kappa shape index (κ3) is 31.8. The Hall–Kier alpha value is -7.09. The Morgan fingerprint density at radius 3 is 0.492 bits per heavy atom. The molecule has 0 atom stereocenters. The van der Waals surface area contributed by atoms with E-state index in [4.69, 9.17) is 81.7 Å². The fourth-order valence-corrected chi connectivity index (χ4v) is 3.62. The molecule has 0 saturated carbocycles. The van der Waals surface area contributed by atoms with Crippen molar-refractivity contribution in [3.8, 4) is 0 Å². The second-order valence-corrected chi connectivity index (χ2v) is 11.4. The molecule has 31 heteroatoms. The van der Waals surface area contributed by atoms with Gasteiger partial charge in [0.1, 0.15) is 0 Å². The summed E-state index contributed by atoms with van der Waals surface area (Å²) in [4.78, 5) is 136. The van der Waals surface area contributed by atoms with Crippen LogP contribution in [0.25, 0.3) is 0 Å². The minimum absolute atomic E-state index is 0.0703. The van der Waals surface area contributed by atoms with E-state index in [0.717, 1.165) is 9.80 Å². The van der Waals surface area contributed by atoms with E-state index in [2.05, 4.69) is 0 Å². The number of carboxylic acid groups (broad SMARTS) is 13. The van der Waals surface area contributed by atoms with E-state index >= 15 is 0 Å². The molecule has 0 aliphatic rings. The minimum atomic E-state index is -2.74. The number of carboxylic acids is 13. The standard InChI is InChI=1S/C10H16N2O8.3C6H8O7/c13-7(14)3-11(4-8(15)16)1-2-12(5-9(17)18)6-10(19)20;3*7-3(8)1-6(13,5(11)12)2-4(9)10/h1-6H2,(H,13,14)(H,15,16)(H,17,18)(H,19,20);3*13H,1-2H2,(H,7,8)(H,9,10)(H,11,12). The second kappa shape index (κ2) is 27.5. The van der Waals surface area contributed by atoms with Crippen LogP contribution in [0.5, 0.6) is 0 Å². The normalized spacial score (nSPS) is 10.8. The second-order valence-electron chi connectivity index (χ2n) is 11.4. The molecule has 0 heterocycles. The molecule has 16 N–H and O–H groups in total. The fourth-order valence-electron chi connectivity index (χ4n) is 3.62. The van der Waals surface area contributed by atoms with Crippen molar-refractivity contribution in [2.75, 3.05) is 39.3 Å². The molecule has 0 aromatic rings. The van der Waals surface area contributed by atoms with Gasteiger partial charge in [0.15, 0.2) is 16.8 Å². The largest absolute Gasteiger partial charge is 0.481 e. The van der Waals surface area contributed by atoms with Crippen LogP contribution in [0.2, 0.25) is 0 Å². The molecule has 0 radical (unpaired) electrons. The Balaban J connectivity index is -0.000000349. The number of nitrogens with zero attached hydrogens (tertiary/aromatic N) is 2. The molecule has 0 unspecified atom stereocenters. The van der Waals surface area contributed by atoms with Gasteiger partial charge in [-0.3, -0.25) is 57.7 Å². The first-order valence-electron chi connectivity index (χ1n) is 15.0. The molecule has 336 valence electrons. The van der Waals surface area contributed by atoms with Crippen molar-refractivity contribution in [3.63, 3.8) is 0 Å². The van der Waals surface area contributed by atoms with Gasteiger partial charge in [-0.25, -0.2) is 14.4 Å². The van der Waals surface area contributed by atoms with E-state index < -0.39 is 159 Å². The van der Waals surface area contributed by atoms with Crippen LogP contribution < -0.4 is 0 Å². The molecule has 0 aliphatic heterocycles. The van der Waals surface area contributed by atoms with Gasteiger partial charge in [0, 0.05) is 13.1 Å². The SMILES string of the molecule is O=C(O)CC(O)(CC(=O)O)C(=O)O.O=C(O)CC(O)(CC(=O)O)C(=O)O.O=C(O)CC(O)(CC(=O)O)C(=O)O.O=C(O)CN(CCN(CC(=O)O)CC(=O)O)CC(=O)O. The predicted molar refractivity (Wildman–Crippen MR) is 175 cm³/mol. The first-order chi connectivity index (χ1) is 26.5. The van der Waals surface area contributed by atoms with Gasteiger partial charge in [0.25, 0.3) is 0 Å². The predicted octanol–water partition coefficient (Wildman–Crippen LogP) is -5.82. The summed E-state index contributed by atoms with van der Waals surface area (Å²) in [5.74, 6) is -20.0. The van der Waals surface area contributed by atoms with Crippen LogP contribution in [-0.2, 0) is 62.3 Å². The van der Waals surface area contributed by atoms with Gasteiger partial charge in [0.05, 0.1) is 64.7 Å². The molecule has 0 amide bonds. The Morgan fingerprint density at radius 1 is 0.271 bits per heavy atom. The van der Waals surface area contributed by atoms with Crippen molar-refractivity contribution in [2.24, 2.45) is 0 Å². The zero-order chi connectivity index (χ0) is 47.6. The van der Waals surface area contributed by atoms with Gasteiger partial charge < -0.3 is 81.7 Å². The number of aliphatic carboxylic acids is 13. The lowest BCUT2D eigenvalue weighted by atomic mass is 9.96. The summed E-state index contributed by atoms with van der Waals surface area (Å²) < 4.78 is 0. The van der Waals surface area contributed by atoms with E-state index in [1.165, 1.54) is 0 Å². The maximum atomic E-state index is 10.6. The molecule has 59 heavy (non-hydrogen) atoms. The lowest BCUT2D eigenvalue weighted by Gasteiger charge is -2.23. The van der Waals surface area contributed by atoms with Gasteiger partial charge in [-0.05, 0) is 0 Å². The summed E-state index contributed by atoms with van der Waals surface area (Å²) in [5.41, 5.74) is -8.22. The third-order valence-corrected chi connectivity index (χ3v) is 6.02. The zero-order valence-electron chi connectivity index (χ0n) is 29.8. The molecule has 0 fully saturated rings. The van der Waals surface area contributed by atoms with Crippen LogP contribution in [-0.4, -0.2) is 225 Å². The highest BCUT2D eigenvalue weighted by Crippen LogP contribution is 2.17. The molecule has 0 aromatic heterocycles. The molecule has 0 bridgehead atoms. The molecule has 0 rings (SSSR count). The summed E-state index contributed by atoms with van der Waals surface area (Å²) in [5, 5.41) is 136. The first-order valence-corrected chi connectivity index (χ1v) is 15.0. The third-order valence-electron chi connectivity index (χ3n) is 6.02. The van der Waals surface area contributed by atoms with Crippen LogP contribution in [0.4, 0.5) is 0 Å². The van der Waals surface area contributed by atoms with Crippen LogP contribution in [0.3, 0.4) is 0 Å². The lowest BCUT2D eigenvalue weighted by Crippen LogP contribution is -2.43. The Bertz CT molecular complexity index is 1330. The highest BCUT2D eigenvalue weighted by molar-refractivity contribution is 5.89. The minimum Gasteiger partial charge on any atom is -0.481 e. The van der Waals surface area contributed by atoms with Crippen molar-refractivity contribution in [2.45, 2.75) is 55.3 Å². The van der Waals surface area contributed by atoms with E-state index in [1.54, 1.807) is 0 Å². The maximum Gasteiger partial charge on any atom is 0.336 e. The summed E-state index contributed by atoms with van der Waals surface area (Å²) in [6, 6.07) is 0. The maximum absolute atomic E-state index is 10.6. The fraction of sp³-hybridized carbons (Fsp3) is 0.536. The Labute approximate surface area is 326 Å². The first kappa shape index (κ1) is 58.6. The van der Waals surface area contributed by atoms with Gasteiger partial charge in [-0.1, -0.05) is 0 Å². The number of hydrogen-bond acceptors (Lipinski definition) is 18. The quantitative estimate of drug-likeness (QED) is 0.0385. The average molecular weight is 869 g/mol. The molecular formula is C28H40N2O29. The van der Waals surface area contributed by atoms with Crippen molar-refractivity contribution >= 4 is 77.6 Å². The smallest absolute Gasteiger partial charge is 0.336 e. The lowest BCUT2D eigenvalue weighted by molar-refractivity contribution is -0.170.